The lowest BCUT2D eigenvalue weighted by atomic mass is 10.2. The van der Waals surface area contributed by atoms with Gasteiger partial charge in [0.15, 0.2) is 10.3 Å². The molecular weight excluding hydrogens is 480 g/mol. The first kappa shape index (κ1) is 25.1. The van der Waals surface area contributed by atoms with Gasteiger partial charge in [-0.05, 0) is 38.5 Å². The van der Waals surface area contributed by atoms with E-state index in [1.165, 1.54) is 30.6 Å². The summed E-state index contributed by atoms with van der Waals surface area (Å²) < 4.78 is 7.26. The van der Waals surface area contributed by atoms with Crippen LogP contribution in [0.1, 0.15) is 22.8 Å². The van der Waals surface area contributed by atoms with Gasteiger partial charge in [-0.3, -0.25) is 4.79 Å². The van der Waals surface area contributed by atoms with Gasteiger partial charge in [0.25, 0.3) is 0 Å². The van der Waals surface area contributed by atoms with Crippen LogP contribution in [-0.4, -0.2) is 43.5 Å². The number of methoxy groups -OCH3 is 1. The van der Waals surface area contributed by atoms with Crippen molar-refractivity contribution in [1.29, 1.82) is 0 Å². The summed E-state index contributed by atoms with van der Waals surface area (Å²) in [6, 6.07) is 5.41. The van der Waals surface area contributed by atoms with Gasteiger partial charge in [-0.15, -0.1) is 16.8 Å². The highest BCUT2D eigenvalue weighted by Gasteiger charge is 2.16. The number of hydrogen-bond donors (Lipinski definition) is 1. The number of thioether (sulfide) groups is 2. The predicted octanol–water partition coefficient (Wildman–Crippen LogP) is 4.86. The minimum atomic E-state index is -0.187. The van der Waals surface area contributed by atoms with Gasteiger partial charge >= 0.3 is 0 Å². The summed E-state index contributed by atoms with van der Waals surface area (Å²) in [7, 11) is 1.53. The Hall–Kier alpha value is -2.56. The fourth-order valence-electron chi connectivity index (χ4n) is 2.98. The maximum Gasteiger partial charge on any atom is 0.234 e. The second-order valence-electron chi connectivity index (χ2n) is 7.16. The lowest BCUT2D eigenvalue weighted by molar-refractivity contribution is -0.113. The number of allylic oxidation sites excluding steroid dienone is 1. The number of nitrogens with one attached hydrogen (secondary N) is 1. The molecule has 1 amide bonds. The summed E-state index contributed by atoms with van der Waals surface area (Å²) in [5.74, 6) is 1.80. The highest BCUT2D eigenvalue weighted by atomic mass is 35.5. The molecule has 1 N–H and O–H groups in total. The second-order valence-corrected chi connectivity index (χ2v) is 9.45. The number of aryl methyl sites for hydroxylation is 3. The molecule has 0 saturated carbocycles. The number of rotatable bonds is 10. The molecule has 0 saturated heterocycles. The number of benzene rings is 1. The lowest BCUT2D eigenvalue weighted by Gasteiger charge is -2.12. The molecule has 2 heterocycles. The van der Waals surface area contributed by atoms with Crippen LogP contribution in [0.4, 0.5) is 5.69 Å². The van der Waals surface area contributed by atoms with Crippen LogP contribution < -0.4 is 10.1 Å². The molecule has 0 radical (unpaired) electrons. The maximum absolute atomic E-state index is 12.6. The zero-order valence-electron chi connectivity index (χ0n) is 18.9. The van der Waals surface area contributed by atoms with E-state index >= 15 is 0 Å². The molecule has 0 unspecified atom stereocenters. The molecule has 1 aromatic carbocycles. The van der Waals surface area contributed by atoms with Gasteiger partial charge in [0.1, 0.15) is 11.6 Å². The van der Waals surface area contributed by atoms with Crippen molar-refractivity contribution in [2.45, 2.75) is 43.4 Å². The summed E-state index contributed by atoms with van der Waals surface area (Å²) in [4.78, 5) is 21.5. The van der Waals surface area contributed by atoms with Crippen molar-refractivity contribution in [2.24, 2.45) is 0 Å². The van der Waals surface area contributed by atoms with Gasteiger partial charge in [-0.2, -0.15) is 0 Å². The number of hydrogen-bond acceptors (Lipinski definition) is 8. The van der Waals surface area contributed by atoms with Crippen LogP contribution in [0.5, 0.6) is 5.75 Å². The molecule has 0 atom stereocenters. The van der Waals surface area contributed by atoms with Crippen LogP contribution >= 0.6 is 35.1 Å². The van der Waals surface area contributed by atoms with E-state index in [2.05, 4.69) is 32.1 Å². The number of aromatic nitrogens is 5. The van der Waals surface area contributed by atoms with Gasteiger partial charge < -0.3 is 14.6 Å². The SMILES string of the molecule is C=CCn1c(CSc2nc(C)cc(C)n2)nnc1SCC(=O)Nc1cc(C)c(Cl)cc1OC. The van der Waals surface area contributed by atoms with Crippen molar-refractivity contribution in [1.82, 2.24) is 24.7 Å². The quantitative estimate of drug-likeness (QED) is 0.237. The van der Waals surface area contributed by atoms with Crippen molar-refractivity contribution >= 4 is 46.7 Å². The van der Waals surface area contributed by atoms with Crippen molar-refractivity contribution in [2.75, 3.05) is 18.2 Å². The zero-order valence-corrected chi connectivity index (χ0v) is 21.3. The van der Waals surface area contributed by atoms with E-state index in [0.717, 1.165) is 22.8 Å². The van der Waals surface area contributed by atoms with E-state index in [-0.39, 0.29) is 11.7 Å². The molecular formula is C22H25ClN6O2S2. The van der Waals surface area contributed by atoms with Gasteiger partial charge in [0.2, 0.25) is 5.91 Å². The Balaban J connectivity index is 1.66. The third-order valence-electron chi connectivity index (χ3n) is 4.48. The largest absolute Gasteiger partial charge is 0.495 e. The molecule has 0 aliphatic rings. The van der Waals surface area contributed by atoms with E-state index in [1.54, 1.807) is 18.2 Å². The number of anilines is 1. The number of carbonyl (C=O) groups excluding carboxylic acids is 1. The topological polar surface area (TPSA) is 94.8 Å². The van der Waals surface area contributed by atoms with Gasteiger partial charge in [0.05, 0.1) is 24.3 Å². The second kappa shape index (κ2) is 11.5. The summed E-state index contributed by atoms with van der Waals surface area (Å²) >= 11 is 8.94. The van der Waals surface area contributed by atoms with E-state index in [1.807, 2.05) is 31.4 Å². The van der Waals surface area contributed by atoms with Gasteiger partial charge in [-0.1, -0.05) is 41.2 Å². The van der Waals surface area contributed by atoms with E-state index in [4.69, 9.17) is 16.3 Å². The average molecular weight is 505 g/mol. The van der Waals surface area contributed by atoms with Gasteiger partial charge in [-0.25, -0.2) is 9.97 Å². The Bertz CT molecular complexity index is 1150. The molecule has 2 aromatic heterocycles. The van der Waals surface area contributed by atoms with Crippen molar-refractivity contribution < 1.29 is 9.53 Å². The van der Waals surface area contributed by atoms with Crippen molar-refractivity contribution in [3.63, 3.8) is 0 Å². The number of carbonyl (C=O) groups is 1. The molecule has 0 aliphatic heterocycles. The molecule has 0 aliphatic carbocycles. The molecule has 3 rings (SSSR count). The normalized spacial score (nSPS) is 10.8. The predicted molar refractivity (Wildman–Crippen MR) is 133 cm³/mol. The molecule has 174 valence electrons. The van der Waals surface area contributed by atoms with E-state index in [0.29, 0.717) is 39.1 Å². The zero-order chi connectivity index (χ0) is 24.0. The highest BCUT2D eigenvalue weighted by molar-refractivity contribution is 7.99. The Morgan fingerprint density at radius 2 is 1.91 bits per heavy atom. The molecule has 0 fully saturated rings. The number of ether oxygens (including phenoxy) is 1. The fourth-order valence-corrected chi connectivity index (χ4v) is 4.79. The standard InChI is InChI=1S/C22H25ClN6O2S2/c1-6-7-29-19(11-32-21-24-14(3)9-15(4)25-21)27-28-22(29)33-12-20(30)26-17-8-13(2)16(23)10-18(17)31-5/h6,8-10H,1,7,11-12H2,2-5H3,(H,26,30). The lowest BCUT2D eigenvalue weighted by Crippen LogP contribution is -2.15. The third-order valence-corrected chi connectivity index (χ3v) is 6.70. The summed E-state index contributed by atoms with van der Waals surface area (Å²) in [5.41, 5.74) is 3.27. The number of nitrogens with zero attached hydrogens (tertiary/aromatic N) is 5. The minimum absolute atomic E-state index is 0.160. The number of amides is 1. The molecule has 0 bridgehead atoms. The van der Waals surface area contributed by atoms with Crippen LogP contribution in [0.2, 0.25) is 5.02 Å². The summed E-state index contributed by atoms with van der Waals surface area (Å²) in [6.45, 7) is 10.1. The average Bonchev–Trinajstić information content (AvgIpc) is 3.14. The summed E-state index contributed by atoms with van der Waals surface area (Å²) in [6.07, 6.45) is 1.77. The fraction of sp³-hybridized carbons (Fsp3) is 0.318. The molecule has 3 aromatic rings. The minimum Gasteiger partial charge on any atom is -0.495 e. The van der Waals surface area contributed by atoms with Crippen molar-refractivity contribution in [3.8, 4) is 5.75 Å². The van der Waals surface area contributed by atoms with Crippen LogP contribution in [0.25, 0.3) is 0 Å². The molecule has 0 spiro atoms. The third kappa shape index (κ3) is 6.72. The van der Waals surface area contributed by atoms with E-state index in [9.17, 15) is 4.79 Å². The van der Waals surface area contributed by atoms with Crippen LogP contribution in [-0.2, 0) is 17.1 Å². The monoisotopic (exact) mass is 504 g/mol. The van der Waals surface area contributed by atoms with Crippen LogP contribution in [0, 0.1) is 20.8 Å². The maximum atomic E-state index is 12.6. The number of halogens is 1. The molecule has 33 heavy (non-hydrogen) atoms. The van der Waals surface area contributed by atoms with Gasteiger partial charge in [0, 0.05) is 29.0 Å². The van der Waals surface area contributed by atoms with Crippen LogP contribution in [0.3, 0.4) is 0 Å². The Morgan fingerprint density at radius 3 is 2.58 bits per heavy atom. The Labute approximate surface area is 206 Å². The first-order valence-corrected chi connectivity index (χ1v) is 12.4. The molecule has 8 nitrogen and oxygen atoms in total. The molecule has 11 heteroatoms. The Morgan fingerprint density at radius 1 is 1.18 bits per heavy atom. The smallest absolute Gasteiger partial charge is 0.234 e. The first-order chi connectivity index (χ1) is 15.8. The van der Waals surface area contributed by atoms with E-state index < -0.39 is 0 Å². The Kier molecular flexibility index (Phi) is 8.76. The van der Waals surface area contributed by atoms with Crippen molar-refractivity contribution in [3.05, 3.63) is 58.7 Å². The van der Waals surface area contributed by atoms with Crippen LogP contribution in [0.15, 0.2) is 41.2 Å². The highest BCUT2D eigenvalue weighted by Crippen LogP contribution is 2.31. The summed E-state index contributed by atoms with van der Waals surface area (Å²) in [5, 5.41) is 13.4. The first-order valence-electron chi connectivity index (χ1n) is 10.1.